The van der Waals surface area contributed by atoms with Gasteiger partial charge in [0.25, 0.3) is 0 Å². The van der Waals surface area contributed by atoms with Crippen LogP contribution in [0.2, 0.25) is 0 Å². The van der Waals surface area contributed by atoms with Crippen molar-refractivity contribution in [3.8, 4) is 0 Å². The molecule has 0 bridgehead atoms. The topological polar surface area (TPSA) is 54.5 Å². The molecule has 0 saturated carbocycles. The first kappa shape index (κ1) is 15.4. The Labute approximate surface area is 126 Å². The van der Waals surface area contributed by atoms with Gasteiger partial charge < -0.3 is 4.90 Å². The van der Waals surface area contributed by atoms with Crippen LogP contribution in [0.3, 0.4) is 0 Å². The predicted molar refractivity (Wildman–Crippen MR) is 79.0 cm³/mol. The zero-order valence-corrected chi connectivity index (χ0v) is 13.6. The highest BCUT2D eigenvalue weighted by Crippen LogP contribution is 2.31. The Morgan fingerprint density at radius 2 is 1.90 bits per heavy atom. The Balaban J connectivity index is 2.24. The first-order valence-electron chi connectivity index (χ1n) is 6.17. The number of hydrogen-bond donors (Lipinski definition) is 0. The van der Waals surface area contributed by atoms with Gasteiger partial charge in [0.05, 0.1) is 5.75 Å². The second-order valence-corrected chi connectivity index (χ2v) is 7.38. The monoisotopic (exact) mass is 363 g/mol. The summed E-state index contributed by atoms with van der Waals surface area (Å²) in [6.45, 7) is 4.08. The molecule has 1 aliphatic rings. The van der Waals surface area contributed by atoms with E-state index in [1.165, 1.54) is 4.90 Å². The lowest BCUT2D eigenvalue weighted by molar-refractivity contribution is -0.117. The van der Waals surface area contributed by atoms with Gasteiger partial charge in [-0.25, -0.2) is 0 Å². The molecule has 1 unspecified atom stereocenters. The van der Waals surface area contributed by atoms with E-state index in [-0.39, 0.29) is 18.9 Å². The molecule has 1 aliphatic heterocycles. The van der Waals surface area contributed by atoms with E-state index in [9.17, 15) is 17.1 Å². The summed E-state index contributed by atoms with van der Waals surface area (Å²) in [5.74, 6) is -1.24. The van der Waals surface area contributed by atoms with Crippen molar-refractivity contribution in [1.29, 1.82) is 0 Å². The van der Waals surface area contributed by atoms with Gasteiger partial charge >= 0.3 is 10.2 Å². The average molecular weight is 364 g/mol. The van der Waals surface area contributed by atoms with Crippen LogP contribution in [0.25, 0.3) is 0 Å². The van der Waals surface area contributed by atoms with E-state index in [2.05, 4.69) is 15.9 Å². The SMILES string of the molecule is Cc1cc(N2CC(CS(=O)(=O)F)CC2=O)cc(C)c1Br. The molecule has 1 aromatic rings. The summed E-state index contributed by atoms with van der Waals surface area (Å²) in [5.41, 5.74) is 2.72. The van der Waals surface area contributed by atoms with E-state index < -0.39 is 21.9 Å². The molecular formula is C13H15BrFNO3S. The van der Waals surface area contributed by atoms with Crippen molar-refractivity contribution in [2.45, 2.75) is 20.3 Å². The highest BCUT2D eigenvalue weighted by Gasteiger charge is 2.33. The second kappa shape index (κ2) is 5.44. The Hall–Kier alpha value is -0.950. The quantitative estimate of drug-likeness (QED) is 0.775. The maximum atomic E-state index is 12.7. The third-order valence-electron chi connectivity index (χ3n) is 3.37. The number of nitrogens with zero attached hydrogens (tertiary/aromatic N) is 1. The van der Waals surface area contributed by atoms with Gasteiger partial charge in [0.15, 0.2) is 0 Å². The third-order valence-corrected chi connectivity index (χ3v) is 5.49. The van der Waals surface area contributed by atoms with Crippen LogP contribution >= 0.6 is 15.9 Å². The molecular weight excluding hydrogens is 349 g/mol. The number of anilines is 1. The molecule has 1 fully saturated rings. The number of benzene rings is 1. The molecule has 110 valence electrons. The lowest BCUT2D eigenvalue weighted by atomic mass is 10.1. The molecule has 0 N–H and O–H groups in total. The van der Waals surface area contributed by atoms with E-state index in [4.69, 9.17) is 0 Å². The minimum Gasteiger partial charge on any atom is -0.312 e. The molecule has 0 radical (unpaired) electrons. The maximum Gasteiger partial charge on any atom is 0.302 e. The fraction of sp³-hybridized carbons (Fsp3) is 0.462. The fourth-order valence-corrected chi connectivity index (χ4v) is 3.52. The Kier molecular flexibility index (Phi) is 4.20. The molecule has 1 saturated heterocycles. The van der Waals surface area contributed by atoms with Gasteiger partial charge in [0, 0.05) is 29.0 Å². The number of carbonyl (C=O) groups is 1. The number of rotatable bonds is 3. The van der Waals surface area contributed by atoms with Crippen molar-refractivity contribution in [2.75, 3.05) is 17.2 Å². The van der Waals surface area contributed by atoms with E-state index in [0.29, 0.717) is 0 Å². The van der Waals surface area contributed by atoms with E-state index in [0.717, 1.165) is 21.3 Å². The number of amides is 1. The summed E-state index contributed by atoms with van der Waals surface area (Å²) in [5, 5.41) is 0. The average Bonchev–Trinajstić information content (AvgIpc) is 2.63. The standard InChI is InChI=1S/C13H15BrFNO3S/c1-8-3-11(4-9(2)13(8)14)16-6-10(5-12(16)17)7-20(15,18)19/h3-4,10H,5-7H2,1-2H3. The van der Waals surface area contributed by atoms with Crippen LogP contribution in [-0.4, -0.2) is 26.6 Å². The van der Waals surface area contributed by atoms with Gasteiger partial charge in [0.1, 0.15) is 0 Å². The van der Waals surface area contributed by atoms with Crippen LogP contribution in [0.15, 0.2) is 16.6 Å². The van der Waals surface area contributed by atoms with Crippen LogP contribution in [0.1, 0.15) is 17.5 Å². The van der Waals surface area contributed by atoms with Crippen LogP contribution in [-0.2, 0) is 15.0 Å². The molecule has 1 aromatic carbocycles. The molecule has 1 heterocycles. The summed E-state index contributed by atoms with van der Waals surface area (Å²) in [4.78, 5) is 13.5. The molecule has 4 nitrogen and oxygen atoms in total. The largest absolute Gasteiger partial charge is 0.312 e. The molecule has 7 heteroatoms. The van der Waals surface area contributed by atoms with Crippen molar-refractivity contribution in [1.82, 2.24) is 0 Å². The summed E-state index contributed by atoms with van der Waals surface area (Å²) >= 11 is 3.46. The molecule has 0 aromatic heterocycles. The van der Waals surface area contributed by atoms with Gasteiger partial charge in [-0.15, -0.1) is 3.89 Å². The summed E-state index contributed by atoms with van der Waals surface area (Å²) in [7, 11) is -4.55. The highest BCUT2D eigenvalue weighted by molar-refractivity contribution is 9.10. The Morgan fingerprint density at radius 1 is 1.35 bits per heavy atom. The van der Waals surface area contributed by atoms with Gasteiger partial charge in [-0.05, 0) is 37.1 Å². The van der Waals surface area contributed by atoms with Crippen molar-refractivity contribution in [3.05, 3.63) is 27.7 Å². The number of carbonyl (C=O) groups excluding carboxylic acids is 1. The van der Waals surface area contributed by atoms with Crippen LogP contribution in [0.5, 0.6) is 0 Å². The number of aryl methyl sites for hydroxylation is 2. The lowest BCUT2D eigenvalue weighted by Crippen LogP contribution is -2.25. The lowest BCUT2D eigenvalue weighted by Gasteiger charge is -2.18. The molecule has 0 aliphatic carbocycles. The van der Waals surface area contributed by atoms with E-state index in [1.807, 2.05) is 26.0 Å². The Morgan fingerprint density at radius 3 is 2.40 bits per heavy atom. The number of halogens is 2. The fourth-order valence-electron chi connectivity index (χ4n) is 2.50. The molecule has 1 atom stereocenters. The zero-order valence-electron chi connectivity index (χ0n) is 11.2. The first-order valence-corrected chi connectivity index (χ1v) is 8.51. The molecule has 20 heavy (non-hydrogen) atoms. The zero-order chi connectivity index (χ0) is 15.1. The van der Waals surface area contributed by atoms with Crippen LogP contribution in [0, 0.1) is 19.8 Å². The van der Waals surface area contributed by atoms with Crippen molar-refractivity contribution >= 4 is 37.7 Å². The normalized spacial score (nSPS) is 19.7. The minimum absolute atomic E-state index is 0.0668. The van der Waals surface area contributed by atoms with Crippen LogP contribution in [0.4, 0.5) is 9.57 Å². The summed E-state index contributed by atoms with van der Waals surface area (Å²) in [6.07, 6.45) is 0.0668. The van der Waals surface area contributed by atoms with Gasteiger partial charge in [-0.2, -0.15) is 8.42 Å². The van der Waals surface area contributed by atoms with E-state index in [1.54, 1.807) is 0 Å². The number of hydrogen-bond acceptors (Lipinski definition) is 3. The highest BCUT2D eigenvalue weighted by atomic mass is 79.9. The third kappa shape index (κ3) is 3.38. The van der Waals surface area contributed by atoms with Crippen molar-refractivity contribution < 1.29 is 17.1 Å². The Bertz CT molecular complexity index is 637. The van der Waals surface area contributed by atoms with Crippen LogP contribution < -0.4 is 4.90 Å². The minimum atomic E-state index is -4.55. The maximum absolute atomic E-state index is 12.7. The summed E-state index contributed by atoms with van der Waals surface area (Å²) in [6, 6.07) is 3.72. The molecule has 1 amide bonds. The molecule has 2 rings (SSSR count). The van der Waals surface area contributed by atoms with E-state index >= 15 is 0 Å². The van der Waals surface area contributed by atoms with Crippen molar-refractivity contribution in [3.63, 3.8) is 0 Å². The smallest absolute Gasteiger partial charge is 0.302 e. The van der Waals surface area contributed by atoms with Gasteiger partial charge in [0.2, 0.25) is 5.91 Å². The predicted octanol–water partition coefficient (Wildman–Crippen LogP) is 2.72. The first-order chi connectivity index (χ1) is 9.17. The summed E-state index contributed by atoms with van der Waals surface area (Å²) < 4.78 is 35.1. The van der Waals surface area contributed by atoms with Crippen molar-refractivity contribution in [2.24, 2.45) is 5.92 Å². The molecule has 0 spiro atoms. The van der Waals surface area contributed by atoms with Gasteiger partial charge in [-0.3, -0.25) is 4.79 Å². The second-order valence-electron chi connectivity index (χ2n) is 5.17. The van der Waals surface area contributed by atoms with Gasteiger partial charge in [-0.1, -0.05) is 15.9 Å².